The van der Waals surface area contributed by atoms with Gasteiger partial charge in [-0.2, -0.15) is 0 Å². The van der Waals surface area contributed by atoms with E-state index in [9.17, 15) is 0 Å². The first-order valence-electron chi connectivity index (χ1n) is 14.1. The highest BCUT2D eigenvalue weighted by atomic mass is 15.1. The molecule has 0 aliphatic carbocycles. The standard InChI is InChI=1S/C39H35N/c1-5-7-10-31-23-33(19-17-28(31)6-2)34-21-22-38-37(25-34)36(30-15-13-27(3)14-16-30)26-39(40(38)4)35-20-18-29-11-8-9-12-32(29)24-35/h6-26,39H,2,5H2,1,3-4H3/b10-7-. The highest BCUT2D eigenvalue weighted by Crippen LogP contribution is 2.44. The Bertz CT molecular complexity index is 1770. The van der Waals surface area contributed by atoms with Crippen LogP contribution in [0.2, 0.25) is 0 Å². The van der Waals surface area contributed by atoms with E-state index in [1.165, 1.54) is 61.0 Å². The fourth-order valence-corrected chi connectivity index (χ4v) is 5.77. The molecule has 1 atom stereocenters. The van der Waals surface area contributed by atoms with Crippen LogP contribution in [-0.4, -0.2) is 7.05 Å². The van der Waals surface area contributed by atoms with E-state index < -0.39 is 0 Å². The fraction of sp³-hybridized carbons (Fsp3) is 0.128. The minimum atomic E-state index is 0.136. The smallest absolute Gasteiger partial charge is 0.0733 e. The molecule has 1 aliphatic heterocycles. The molecule has 1 unspecified atom stereocenters. The average molecular weight is 518 g/mol. The summed E-state index contributed by atoms with van der Waals surface area (Å²) in [6.07, 6.45) is 9.80. The summed E-state index contributed by atoms with van der Waals surface area (Å²) < 4.78 is 0. The van der Waals surface area contributed by atoms with Gasteiger partial charge in [0.2, 0.25) is 0 Å². The van der Waals surface area contributed by atoms with Crippen LogP contribution in [0.3, 0.4) is 0 Å². The molecular weight excluding hydrogens is 482 g/mol. The number of nitrogens with zero attached hydrogens (tertiary/aromatic N) is 1. The van der Waals surface area contributed by atoms with Crippen molar-refractivity contribution in [2.24, 2.45) is 0 Å². The Balaban J connectivity index is 1.49. The van der Waals surface area contributed by atoms with Crippen molar-refractivity contribution in [1.29, 1.82) is 0 Å². The molecule has 1 nitrogen and oxygen atoms in total. The normalized spacial score (nSPS) is 14.8. The van der Waals surface area contributed by atoms with Crippen molar-refractivity contribution in [2.45, 2.75) is 26.3 Å². The minimum absolute atomic E-state index is 0.136. The van der Waals surface area contributed by atoms with Gasteiger partial charge in [0.25, 0.3) is 0 Å². The van der Waals surface area contributed by atoms with Gasteiger partial charge in [0.1, 0.15) is 0 Å². The first kappa shape index (κ1) is 25.6. The first-order valence-corrected chi connectivity index (χ1v) is 14.1. The van der Waals surface area contributed by atoms with Crippen molar-refractivity contribution in [3.05, 3.63) is 155 Å². The maximum atomic E-state index is 4.02. The lowest BCUT2D eigenvalue weighted by Gasteiger charge is -2.36. The van der Waals surface area contributed by atoms with Crippen molar-refractivity contribution >= 4 is 34.2 Å². The molecule has 196 valence electrons. The molecule has 0 spiro atoms. The zero-order valence-electron chi connectivity index (χ0n) is 23.6. The van der Waals surface area contributed by atoms with Gasteiger partial charge in [0.15, 0.2) is 0 Å². The number of hydrogen-bond donors (Lipinski definition) is 0. The molecule has 5 aromatic rings. The van der Waals surface area contributed by atoms with Crippen molar-refractivity contribution in [1.82, 2.24) is 0 Å². The summed E-state index contributed by atoms with van der Waals surface area (Å²) in [6, 6.07) is 38.1. The SMILES string of the molecule is C=Cc1ccc(-c2ccc3c(c2)C(c2ccc(C)cc2)=CC(c2ccc4ccccc4c2)N3C)cc1/C=C\CC. The predicted octanol–water partition coefficient (Wildman–Crippen LogP) is 10.5. The van der Waals surface area contributed by atoms with E-state index in [0.717, 1.165) is 12.0 Å². The van der Waals surface area contributed by atoms with Crippen LogP contribution in [0.15, 0.2) is 122 Å². The van der Waals surface area contributed by atoms with E-state index in [4.69, 9.17) is 0 Å². The number of anilines is 1. The van der Waals surface area contributed by atoms with Crippen LogP contribution >= 0.6 is 0 Å². The van der Waals surface area contributed by atoms with Gasteiger partial charge in [-0.05, 0) is 93.4 Å². The summed E-state index contributed by atoms with van der Waals surface area (Å²) in [6.45, 7) is 8.33. The van der Waals surface area contributed by atoms with Crippen LogP contribution in [0.25, 0.3) is 39.6 Å². The van der Waals surface area contributed by atoms with Gasteiger partial charge in [0, 0.05) is 18.3 Å². The van der Waals surface area contributed by atoms with Gasteiger partial charge in [0.05, 0.1) is 6.04 Å². The molecular formula is C39H35N. The quantitative estimate of drug-likeness (QED) is 0.216. The van der Waals surface area contributed by atoms with Gasteiger partial charge in [-0.3, -0.25) is 0 Å². The van der Waals surface area contributed by atoms with Crippen molar-refractivity contribution in [2.75, 3.05) is 11.9 Å². The van der Waals surface area contributed by atoms with Crippen LogP contribution in [0.1, 0.15) is 52.8 Å². The van der Waals surface area contributed by atoms with Gasteiger partial charge in [-0.15, -0.1) is 0 Å². The summed E-state index contributed by atoms with van der Waals surface area (Å²) in [4.78, 5) is 2.41. The zero-order valence-corrected chi connectivity index (χ0v) is 23.6. The summed E-state index contributed by atoms with van der Waals surface area (Å²) in [5.74, 6) is 0. The molecule has 0 aromatic heterocycles. The Kier molecular flexibility index (Phi) is 6.97. The summed E-state index contributed by atoms with van der Waals surface area (Å²) in [5.41, 5.74) is 12.4. The number of hydrogen-bond acceptors (Lipinski definition) is 1. The molecule has 0 saturated carbocycles. The summed E-state index contributed by atoms with van der Waals surface area (Å²) in [5, 5.41) is 2.55. The molecule has 0 saturated heterocycles. The van der Waals surface area contributed by atoms with E-state index in [0.29, 0.717) is 0 Å². The lowest BCUT2D eigenvalue weighted by Crippen LogP contribution is -2.27. The second kappa shape index (κ2) is 10.9. The monoisotopic (exact) mass is 517 g/mol. The Labute approximate surface area is 238 Å². The number of benzene rings is 5. The zero-order chi connectivity index (χ0) is 27.6. The highest BCUT2D eigenvalue weighted by molar-refractivity contribution is 5.92. The van der Waals surface area contributed by atoms with Crippen LogP contribution in [0.5, 0.6) is 0 Å². The van der Waals surface area contributed by atoms with Gasteiger partial charge in [-0.25, -0.2) is 0 Å². The number of aryl methyl sites for hydroxylation is 1. The molecule has 1 aliphatic rings. The van der Waals surface area contributed by atoms with E-state index in [1.54, 1.807) is 0 Å². The molecule has 0 N–H and O–H groups in total. The number of fused-ring (bicyclic) bond motifs is 2. The Hall–Kier alpha value is -4.62. The Morgan fingerprint density at radius 3 is 2.25 bits per heavy atom. The lowest BCUT2D eigenvalue weighted by atomic mass is 9.86. The van der Waals surface area contributed by atoms with Crippen LogP contribution in [0, 0.1) is 6.92 Å². The Morgan fingerprint density at radius 1 is 0.750 bits per heavy atom. The van der Waals surface area contributed by atoms with Gasteiger partial charge < -0.3 is 4.90 Å². The third kappa shape index (κ3) is 4.80. The van der Waals surface area contributed by atoms with E-state index in [-0.39, 0.29) is 6.04 Å². The molecule has 40 heavy (non-hydrogen) atoms. The minimum Gasteiger partial charge on any atom is -0.364 e. The Morgan fingerprint density at radius 2 is 1.48 bits per heavy atom. The van der Waals surface area contributed by atoms with Crippen molar-refractivity contribution in [3.8, 4) is 11.1 Å². The molecule has 1 heteroatoms. The molecule has 0 amide bonds. The van der Waals surface area contributed by atoms with Crippen LogP contribution in [0.4, 0.5) is 5.69 Å². The lowest BCUT2D eigenvalue weighted by molar-refractivity contribution is 0.802. The maximum Gasteiger partial charge on any atom is 0.0733 e. The number of rotatable bonds is 6. The number of likely N-dealkylation sites (N-methyl/N-ethyl adjacent to an activating group) is 1. The topological polar surface area (TPSA) is 3.24 Å². The van der Waals surface area contributed by atoms with Gasteiger partial charge in [-0.1, -0.05) is 116 Å². The molecule has 0 radical (unpaired) electrons. The van der Waals surface area contributed by atoms with Crippen LogP contribution < -0.4 is 4.90 Å². The highest BCUT2D eigenvalue weighted by Gasteiger charge is 2.26. The summed E-state index contributed by atoms with van der Waals surface area (Å²) >= 11 is 0. The van der Waals surface area contributed by atoms with Crippen LogP contribution in [-0.2, 0) is 0 Å². The van der Waals surface area contributed by atoms with Crippen molar-refractivity contribution < 1.29 is 0 Å². The second-order valence-electron chi connectivity index (χ2n) is 10.7. The second-order valence-corrected chi connectivity index (χ2v) is 10.7. The third-order valence-electron chi connectivity index (χ3n) is 8.06. The number of allylic oxidation sites excluding steroid dienone is 1. The molecule has 0 bridgehead atoms. The van der Waals surface area contributed by atoms with E-state index in [1.807, 2.05) is 6.08 Å². The fourth-order valence-electron chi connectivity index (χ4n) is 5.77. The van der Waals surface area contributed by atoms with Crippen molar-refractivity contribution in [3.63, 3.8) is 0 Å². The molecule has 1 heterocycles. The third-order valence-corrected chi connectivity index (χ3v) is 8.06. The van der Waals surface area contributed by atoms with Gasteiger partial charge >= 0.3 is 0 Å². The first-order chi connectivity index (χ1) is 19.6. The largest absolute Gasteiger partial charge is 0.364 e. The maximum absolute atomic E-state index is 4.02. The van der Waals surface area contributed by atoms with E-state index >= 15 is 0 Å². The molecule has 5 aromatic carbocycles. The predicted molar refractivity (Wildman–Crippen MR) is 175 cm³/mol. The summed E-state index contributed by atoms with van der Waals surface area (Å²) in [7, 11) is 2.22. The average Bonchev–Trinajstić information content (AvgIpc) is 3.00. The molecule has 0 fully saturated rings. The van der Waals surface area contributed by atoms with E-state index in [2.05, 4.69) is 154 Å². The molecule has 6 rings (SSSR count).